The number of aliphatic carboxylic acids is 1. The van der Waals surface area contributed by atoms with Crippen LogP contribution < -0.4 is 10.6 Å². The number of sulfone groups is 1. The Kier molecular flexibility index (Phi) is 6.85. The maximum absolute atomic E-state index is 13.4. The van der Waals surface area contributed by atoms with Gasteiger partial charge in [-0.2, -0.15) is 0 Å². The molecule has 2 saturated heterocycles. The highest BCUT2D eigenvalue weighted by molar-refractivity contribution is 7.93. The maximum atomic E-state index is 13.4. The fraction of sp³-hybridized carbons (Fsp3) is 0.864. The molecule has 2 aliphatic heterocycles. The van der Waals surface area contributed by atoms with Crippen molar-refractivity contribution < 1.29 is 27.9 Å². The molecule has 10 heteroatoms. The molecule has 0 aromatic rings. The zero-order valence-corrected chi connectivity index (χ0v) is 20.3. The van der Waals surface area contributed by atoms with E-state index in [1.54, 1.807) is 0 Å². The molecule has 3 fully saturated rings. The number of carboxylic acids is 1. The average molecular weight is 472 g/mol. The van der Waals surface area contributed by atoms with Gasteiger partial charge in [0, 0.05) is 6.54 Å². The van der Waals surface area contributed by atoms with Crippen molar-refractivity contribution in [1.82, 2.24) is 15.5 Å². The van der Waals surface area contributed by atoms with Crippen LogP contribution in [0.3, 0.4) is 0 Å². The van der Waals surface area contributed by atoms with Gasteiger partial charge in [-0.15, -0.1) is 0 Å². The molecule has 9 nitrogen and oxygen atoms in total. The number of carbonyl (C=O) groups is 3. The second-order valence-corrected chi connectivity index (χ2v) is 13.1. The third-order valence-corrected chi connectivity index (χ3v) is 9.81. The van der Waals surface area contributed by atoms with Gasteiger partial charge in [0.15, 0.2) is 9.84 Å². The number of hydrogen-bond donors (Lipinski definition) is 3. The second-order valence-electron chi connectivity index (χ2n) is 10.8. The second kappa shape index (κ2) is 8.83. The summed E-state index contributed by atoms with van der Waals surface area (Å²) in [6, 6.07) is -2.42. The fourth-order valence-electron chi connectivity index (χ4n) is 5.54. The van der Waals surface area contributed by atoms with Crippen molar-refractivity contribution in [1.29, 1.82) is 0 Å². The molecule has 0 radical (unpaired) electrons. The molecular formula is C22H37N3O6S. The van der Waals surface area contributed by atoms with Crippen LogP contribution in [0.5, 0.6) is 0 Å². The average Bonchev–Trinajstić information content (AvgIpc) is 3.06. The summed E-state index contributed by atoms with van der Waals surface area (Å²) >= 11 is 0. The summed E-state index contributed by atoms with van der Waals surface area (Å²) in [5.74, 6) is -1.48. The standard InChI is InChI=1S/C22H37N3O6S/c1-14-8-12-25(16(14)19(27)28)18(26)17(21(2,3)4)23-20(29)24-22(10-6-5-7-11-22)15-9-13-32(15,30)31/h14-17H,5-13H2,1-4H3,(H,27,28)(H2,23,24,29)/t14-,15-,16-,17+/m0/s1. The fourth-order valence-corrected chi connectivity index (χ4v) is 7.38. The molecule has 3 aliphatic rings. The van der Waals surface area contributed by atoms with Gasteiger partial charge in [-0.3, -0.25) is 4.79 Å². The first-order chi connectivity index (χ1) is 14.8. The summed E-state index contributed by atoms with van der Waals surface area (Å²) in [6.07, 6.45) is 5.03. The maximum Gasteiger partial charge on any atom is 0.326 e. The normalized spacial score (nSPS) is 30.1. The molecule has 32 heavy (non-hydrogen) atoms. The van der Waals surface area contributed by atoms with Crippen LogP contribution in [0.1, 0.15) is 72.6 Å². The lowest BCUT2D eigenvalue weighted by Gasteiger charge is -2.47. The Labute approximate surface area is 190 Å². The SMILES string of the molecule is C[C@H]1CCN(C(=O)[C@@H](NC(=O)NC2([C@@H]3CCS3(=O)=O)CCCCC2)C(C)(C)C)[C@@H]1C(=O)O. The van der Waals surface area contributed by atoms with E-state index in [1.807, 2.05) is 27.7 Å². The summed E-state index contributed by atoms with van der Waals surface area (Å²) in [5.41, 5.74) is -1.47. The largest absolute Gasteiger partial charge is 0.480 e. The number of likely N-dealkylation sites (tertiary alicyclic amines) is 1. The van der Waals surface area contributed by atoms with Gasteiger partial charge in [-0.1, -0.05) is 47.0 Å². The minimum absolute atomic E-state index is 0.148. The van der Waals surface area contributed by atoms with E-state index in [2.05, 4.69) is 10.6 Å². The van der Waals surface area contributed by atoms with Gasteiger partial charge in [0.2, 0.25) is 5.91 Å². The van der Waals surface area contributed by atoms with Gasteiger partial charge < -0.3 is 20.6 Å². The monoisotopic (exact) mass is 471 g/mol. The van der Waals surface area contributed by atoms with Crippen LogP contribution in [0.15, 0.2) is 0 Å². The van der Waals surface area contributed by atoms with Crippen LogP contribution in [0.4, 0.5) is 4.79 Å². The highest BCUT2D eigenvalue weighted by atomic mass is 32.2. The summed E-state index contributed by atoms with van der Waals surface area (Å²) < 4.78 is 24.8. The zero-order valence-electron chi connectivity index (χ0n) is 19.5. The van der Waals surface area contributed by atoms with E-state index in [-0.39, 0.29) is 11.7 Å². The lowest BCUT2D eigenvalue weighted by molar-refractivity contribution is -0.151. The van der Waals surface area contributed by atoms with E-state index < -0.39 is 56.0 Å². The lowest BCUT2D eigenvalue weighted by atomic mass is 9.78. The van der Waals surface area contributed by atoms with Crippen molar-refractivity contribution >= 4 is 27.7 Å². The number of urea groups is 1. The Balaban J connectivity index is 1.79. The molecule has 2 heterocycles. The molecule has 3 N–H and O–H groups in total. The van der Waals surface area contributed by atoms with Gasteiger partial charge in [0.1, 0.15) is 12.1 Å². The van der Waals surface area contributed by atoms with E-state index in [0.29, 0.717) is 32.2 Å². The summed E-state index contributed by atoms with van der Waals surface area (Å²) in [7, 11) is -3.22. The summed E-state index contributed by atoms with van der Waals surface area (Å²) in [6.45, 7) is 7.59. The predicted molar refractivity (Wildman–Crippen MR) is 120 cm³/mol. The van der Waals surface area contributed by atoms with E-state index in [4.69, 9.17) is 0 Å². The van der Waals surface area contributed by atoms with Crippen LogP contribution in [0.2, 0.25) is 0 Å². The highest BCUT2D eigenvalue weighted by Crippen LogP contribution is 2.40. The Morgan fingerprint density at radius 2 is 1.72 bits per heavy atom. The third kappa shape index (κ3) is 4.75. The summed E-state index contributed by atoms with van der Waals surface area (Å²) in [5, 5.41) is 14.8. The topological polar surface area (TPSA) is 133 Å². The number of carboxylic acid groups (broad SMARTS) is 1. The van der Waals surface area contributed by atoms with E-state index in [9.17, 15) is 27.9 Å². The van der Waals surface area contributed by atoms with Gasteiger partial charge in [-0.25, -0.2) is 18.0 Å². The molecule has 182 valence electrons. The van der Waals surface area contributed by atoms with Crippen molar-refractivity contribution in [2.45, 2.75) is 95.5 Å². The van der Waals surface area contributed by atoms with Crippen LogP contribution in [0, 0.1) is 11.3 Å². The Hall–Kier alpha value is -1.84. The van der Waals surface area contributed by atoms with Crippen molar-refractivity contribution in [3.8, 4) is 0 Å². The van der Waals surface area contributed by atoms with Crippen molar-refractivity contribution in [3.05, 3.63) is 0 Å². The number of rotatable bonds is 5. The molecule has 0 aromatic heterocycles. The molecule has 0 spiro atoms. The van der Waals surface area contributed by atoms with Gasteiger partial charge in [-0.05, 0) is 37.0 Å². The molecule has 4 atom stereocenters. The van der Waals surface area contributed by atoms with Gasteiger partial charge in [0.25, 0.3) is 0 Å². The smallest absolute Gasteiger partial charge is 0.326 e. The molecule has 0 aromatic carbocycles. The lowest BCUT2D eigenvalue weighted by Crippen LogP contribution is -2.67. The van der Waals surface area contributed by atoms with E-state index in [0.717, 1.165) is 19.3 Å². The predicted octanol–water partition coefficient (Wildman–Crippen LogP) is 1.91. The van der Waals surface area contributed by atoms with E-state index >= 15 is 0 Å². The number of nitrogens with one attached hydrogen (secondary N) is 2. The van der Waals surface area contributed by atoms with Gasteiger partial charge in [0.05, 0.1) is 16.5 Å². The van der Waals surface area contributed by atoms with Crippen molar-refractivity contribution in [2.75, 3.05) is 12.3 Å². The van der Waals surface area contributed by atoms with Crippen LogP contribution in [-0.4, -0.2) is 71.5 Å². The molecule has 0 unspecified atom stereocenters. The molecule has 1 aliphatic carbocycles. The van der Waals surface area contributed by atoms with Crippen molar-refractivity contribution in [3.63, 3.8) is 0 Å². The summed E-state index contributed by atoms with van der Waals surface area (Å²) in [4.78, 5) is 39.6. The van der Waals surface area contributed by atoms with Crippen molar-refractivity contribution in [2.24, 2.45) is 11.3 Å². The Morgan fingerprint density at radius 3 is 2.19 bits per heavy atom. The number of amides is 3. The van der Waals surface area contributed by atoms with Crippen LogP contribution in [0.25, 0.3) is 0 Å². The molecular weight excluding hydrogens is 434 g/mol. The molecule has 1 saturated carbocycles. The molecule has 3 rings (SSSR count). The third-order valence-electron chi connectivity index (χ3n) is 7.45. The first kappa shape index (κ1) is 24.8. The zero-order chi connectivity index (χ0) is 23.9. The first-order valence-corrected chi connectivity index (χ1v) is 13.3. The quantitative estimate of drug-likeness (QED) is 0.561. The van der Waals surface area contributed by atoms with Gasteiger partial charge >= 0.3 is 12.0 Å². The minimum Gasteiger partial charge on any atom is -0.480 e. The Morgan fingerprint density at radius 1 is 1.09 bits per heavy atom. The molecule has 0 bridgehead atoms. The first-order valence-electron chi connectivity index (χ1n) is 11.6. The van der Waals surface area contributed by atoms with Crippen LogP contribution >= 0.6 is 0 Å². The van der Waals surface area contributed by atoms with Crippen LogP contribution in [-0.2, 0) is 19.4 Å². The highest BCUT2D eigenvalue weighted by Gasteiger charge is 2.53. The van der Waals surface area contributed by atoms with E-state index in [1.165, 1.54) is 4.90 Å². The minimum atomic E-state index is -3.22. The molecule has 3 amide bonds. The Bertz CT molecular complexity index is 859. The number of nitrogens with zero attached hydrogens (tertiary/aromatic N) is 1. The number of carbonyl (C=O) groups excluding carboxylic acids is 2. The number of hydrogen-bond acceptors (Lipinski definition) is 5.